The van der Waals surface area contributed by atoms with Crippen molar-refractivity contribution in [1.82, 2.24) is 16.0 Å². The molecule has 0 unspecified atom stereocenters. The van der Waals surface area contributed by atoms with Crippen molar-refractivity contribution >= 4 is 41.0 Å². The third-order valence-electron chi connectivity index (χ3n) is 7.28. The van der Waals surface area contributed by atoms with E-state index >= 15 is 0 Å². The number of alkyl halides is 3. The van der Waals surface area contributed by atoms with Crippen LogP contribution in [-0.4, -0.2) is 42.8 Å². The van der Waals surface area contributed by atoms with Crippen molar-refractivity contribution in [2.24, 2.45) is 0 Å². The van der Waals surface area contributed by atoms with Crippen molar-refractivity contribution in [3.05, 3.63) is 70.4 Å². The minimum atomic E-state index is -4.58. The van der Waals surface area contributed by atoms with E-state index in [1.165, 1.54) is 24.8 Å². The molecule has 2 aliphatic rings. The average molecular weight is 592 g/mol. The Balaban J connectivity index is 1.36. The minimum Gasteiger partial charge on any atom is -0.387 e. The third kappa shape index (κ3) is 8.01. The molecule has 1 aliphatic carbocycles. The van der Waals surface area contributed by atoms with E-state index in [0.29, 0.717) is 17.9 Å². The van der Waals surface area contributed by atoms with Gasteiger partial charge in [-0.25, -0.2) is 0 Å². The highest BCUT2D eigenvalue weighted by molar-refractivity contribution is 6.30. The number of carbonyl (C=O) groups is 2. The SMILES string of the molecule is N=C/C(=C\NC1CCCCC1)C(=O)N[C@@]1(C(=O)NCc2ccc(Nc3ccc(Cl)cc3C(F)(F)F)cc2)CCOC1. The molecule has 220 valence electrons. The van der Waals surface area contributed by atoms with Crippen LogP contribution < -0.4 is 21.3 Å². The minimum absolute atomic E-state index is 0.00258. The topological polar surface area (TPSA) is 115 Å². The molecule has 2 fully saturated rings. The van der Waals surface area contributed by atoms with Crippen LogP contribution in [0.2, 0.25) is 5.02 Å². The van der Waals surface area contributed by atoms with Gasteiger partial charge in [-0.05, 0) is 48.7 Å². The molecule has 41 heavy (non-hydrogen) atoms. The molecule has 1 heterocycles. The molecular weight excluding hydrogens is 559 g/mol. The Kier molecular flexibility index (Phi) is 9.93. The molecule has 1 aliphatic heterocycles. The maximum atomic E-state index is 13.4. The zero-order chi connectivity index (χ0) is 29.5. The predicted molar refractivity (Wildman–Crippen MR) is 151 cm³/mol. The Hall–Kier alpha value is -3.57. The molecule has 1 saturated heterocycles. The lowest BCUT2D eigenvalue weighted by molar-refractivity contribution is -0.137. The molecule has 2 aromatic rings. The molecule has 0 radical (unpaired) electrons. The molecule has 0 bridgehead atoms. The molecule has 0 spiro atoms. The lowest BCUT2D eigenvalue weighted by Gasteiger charge is -2.28. The van der Waals surface area contributed by atoms with Gasteiger partial charge in [-0.1, -0.05) is 43.0 Å². The average Bonchev–Trinajstić information content (AvgIpc) is 3.43. The van der Waals surface area contributed by atoms with Crippen LogP contribution in [0.1, 0.15) is 49.7 Å². The number of carbonyl (C=O) groups excluding carboxylic acids is 2. The van der Waals surface area contributed by atoms with Gasteiger partial charge >= 0.3 is 6.18 Å². The summed E-state index contributed by atoms with van der Waals surface area (Å²) in [7, 11) is 0. The van der Waals surface area contributed by atoms with Crippen molar-refractivity contribution in [2.75, 3.05) is 18.5 Å². The standard InChI is InChI=1S/C29H33ClF3N5O3/c30-21-8-11-25(24(14-21)29(31,32)33)37-23-9-6-19(7-10-23)16-36-27(40)28(12-13-41-18-28)38-26(39)20(15-34)17-35-22-4-2-1-3-5-22/h6-11,14-15,17,22,34-35,37H,1-5,12-13,16,18H2,(H,36,40)(H,38,39)/b20-17+,34-15?/t28-/m0/s1. The molecule has 1 saturated carbocycles. The first-order valence-corrected chi connectivity index (χ1v) is 13.9. The number of anilines is 2. The van der Waals surface area contributed by atoms with Crippen LogP contribution in [0.5, 0.6) is 0 Å². The van der Waals surface area contributed by atoms with Gasteiger partial charge in [0.1, 0.15) is 5.54 Å². The van der Waals surface area contributed by atoms with Crippen molar-refractivity contribution in [3.63, 3.8) is 0 Å². The molecule has 8 nitrogen and oxygen atoms in total. The van der Waals surface area contributed by atoms with E-state index in [-0.39, 0.29) is 41.9 Å². The summed E-state index contributed by atoms with van der Waals surface area (Å²) >= 11 is 5.75. The number of rotatable bonds is 10. The molecule has 1 atom stereocenters. The van der Waals surface area contributed by atoms with Crippen LogP contribution in [0.25, 0.3) is 0 Å². The van der Waals surface area contributed by atoms with Crippen molar-refractivity contribution < 1.29 is 27.5 Å². The maximum Gasteiger partial charge on any atom is 0.418 e. The van der Waals surface area contributed by atoms with Gasteiger partial charge in [0.2, 0.25) is 5.91 Å². The summed E-state index contributed by atoms with van der Waals surface area (Å²) < 4.78 is 45.6. The van der Waals surface area contributed by atoms with Gasteiger partial charge in [-0.15, -0.1) is 0 Å². The number of ether oxygens (including phenoxy) is 1. The molecule has 5 N–H and O–H groups in total. The lowest BCUT2D eigenvalue weighted by atomic mass is 9.95. The van der Waals surface area contributed by atoms with E-state index in [0.717, 1.165) is 38.0 Å². The van der Waals surface area contributed by atoms with Gasteiger partial charge in [-0.3, -0.25) is 9.59 Å². The van der Waals surface area contributed by atoms with E-state index in [4.69, 9.17) is 21.7 Å². The van der Waals surface area contributed by atoms with E-state index < -0.39 is 29.1 Å². The van der Waals surface area contributed by atoms with Gasteiger partial charge in [0.05, 0.1) is 23.4 Å². The van der Waals surface area contributed by atoms with Crippen molar-refractivity contribution in [3.8, 4) is 0 Å². The number of nitrogens with one attached hydrogen (secondary N) is 5. The maximum absolute atomic E-state index is 13.4. The zero-order valence-electron chi connectivity index (χ0n) is 22.4. The first-order chi connectivity index (χ1) is 19.6. The predicted octanol–water partition coefficient (Wildman–Crippen LogP) is 5.45. The Morgan fingerprint density at radius 3 is 2.46 bits per heavy atom. The first-order valence-electron chi connectivity index (χ1n) is 13.5. The fourth-order valence-corrected chi connectivity index (χ4v) is 5.08. The number of hydrogen-bond donors (Lipinski definition) is 5. The first kappa shape index (κ1) is 30.4. The zero-order valence-corrected chi connectivity index (χ0v) is 23.1. The van der Waals surface area contributed by atoms with E-state index in [9.17, 15) is 22.8 Å². The number of hydrogen-bond acceptors (Lipinski definition) is 6. The molecule has 2 aromatic carbocycles. The number of amides is 2. The Morgan fingerprint density at radius 2 is 1.83 bits per heavy atom. The summed E-state index contributed by atoms with van der Waals surface area (Å²) in [6, 6.07) is 10.3. The van der Waals surface area contributed by atoms with Crippen LogP contribution in [0.4, 0.5) is 24.5 Å². The summed E-state index contributed by atoms with van der Waals surface area (Å²) in [5.74, 6) is -0.967. The Bertz CT molecular complexity index is 1270. The highest BCUT2D eigenvalue weighted by atomic mass is 35.5. The van der Waals surface area contributed by atoms with E-state index in [2.05, 4.69) is 21.3 Å². The Labute approximate surface area is 241 Å². The van der Waals surface area contributed by atoms with E-state index in [1.54, 1.807) is 24.3 Å². The molecule has 4 rings (SSSR count). The highest BCUT2D eigenvalue weighted by Crippen LogP contribution is 2.37. The van der Waals surface area contributed by atoms with Crippen molar-refractivity contribution in [2.45, 2.75) is 62.8 Å². The quantitative estimate of drug-likeness (QED) is 0.186. The van der Waals surface area contributed by atoms with Gasteiger partial charge in [0, 0.05) is 48.7 Å². The molecule has 12 heteroatoms. The van der Waals surface area contributed by atoms with Crippen LogP contribution in [0.3, 0.4) is 0 Å². The van der Waals surface area contributed by atoms with Gasteiger partial charge in [-0.2, -0.15) is 13.2 Å². The smallest absolute Gasteiger partial charge is 0.387 e. The molecule has 2 amide bonds. The second-order valence-electron chi connectivity index (χ2n) is 10.3. The monoisotopic (exact) mass is 591 g/mol. The second kappa shape index (κ2) is 13.4. The second-order valence-corrected chi connectivity index (χ2v) is 10.7. The molecule has 0 aromatic heterocycles. The highest BCUT2D eigenvalue weighted by Gasteiger charge is 2.44. The van der Waals surface area contributed by atoms with Crippen LogP contribution in [0.15, 0.2) is 54.2 Å². The fourth-order valence-electron chi connectivity index (χ4n) is 4.91. The fraction of sp³-hybridized carbons (Fsp3) is 0.414. The summed E-state index contributed by atoms with van der Waals surface area (Å²) in [5.41, 5.74) is -1.05. The van der Waals surface area contributed by atoms with Crippen molar-refractivity contribution in [1.29, 1.82) is 5.41 Å². The van der Waals surface area contributed by atoms with Gasteiger partial charge < -0.3 is 31.4 Å². The third-order valence-corrected chi connectivity index (χ3v) is 7.51. The molecular formula is C29H33ClF3N5O3. The summed E-state index contributed by atoms with van der Waals surface area (Å²) in [6.45, 7) is 0.419. The largest absolute Gasteiger partial charge is 0.418 e. The normalized spacial score (nSPS) is 19.9. The summed E-state index contributed by atoms with van der Waals surface area (Å²) in [5, 5.41) is 19.3. The number of benzene rings is 2. The van der Waals surface area contributed by atoms with Gasteiger partial charge in [0.15, 0.2) is 0 Å². The number of halogens is 4. The van der Waals surface area contributed by atoms with E-state index in [1.807, 2.05) is 0 Å². The van der Waals surface area contributed by atoms with Crippen LogP contribution in [0, 0.1) is 5.41 Å². The van der Waals surface area contributed by atoms with Crippen LogP contribution >= 0.6 is 11.6 Å². The lowest BCUT2D eigenvalue weighted by Crippen LogP contribution is -2.59. The summed E-state index contributed by atoms with van der Waals surface area (Å²) in [6.07, 6.45) is 3.67. The van der Waals surface area contributed by atoms with Gasteiger partial charge in [0.25, 0.3) is 5.91 Å². The van der Waals surface area contributed by atoms with Crippen LogP contribution in [-0.2, 0) is 27.0 Å². The Morgan fingerprint density at radius 1 is 1.10 bits per heavy atom. The summed E-state index contributed by atoms with van der Waals surface area (Å²) in [4.78, 5) is 26.2.